The Bertz CT molecular complexity index is 2870. The van der Waals surface area contributed by atoms with Crippen molar-refractivity contribution in [2.45, 2.75) is 195 Å². The summed E-state index contributed by atoms with van der Waals surface area (Å²) in [4.78, 5) is 172. The topological polar surface area (TPSA) is 596 Å². The van der Waals surface area contributed by atoms with E-state index in [1.54, 1.807) is 0 Å². The van der Waals surface area contributed by atoms with E-state index in [1.807, 2.05) is 0 Å². The van der Waals surface area contributed by atoms with Crippen molar-refractivity contribution in [3.8, 4) is 0 Å². The molecule has 0 saturated carbocycles. The van der Waals surface area contributed by atoms with E-state index in [4.69, 9.17) is 24.7 Å². The highest BCUT2D eigenvalue weighted by Gasteiger charge is 2.57. The first-order valence-corrected chi connectivity index (χ1v) is 29.6. The number of hydrogen-bond acceptors (Lipinski definition) is 26. The first kappa shape index (κ1) is 75.6. The lowest BCUT2D eigenvalue weighted by atomic mass is 9.88. The van der Waals surface area contributed by atoms with Gasteiger partial charge in [0.2, 0.25) is 65.0 Å². The Labute approximate surface area is 530 Å². The van der Waals surface area contributed by atoms with Crippen molar-refractivity contribution in [1.82, 2.24) is 62.3 Å². The fraction of sp³-hybridized carbons (Fsp3) is 0.704. The highest BCUT2D eigenvalue weighted by Crippen LogP contribution is 2.35. The van der Waals surface area contributed by atoms with Gasteiger partial charge in [0.15, 0.2) is 6.29 Å². The average Bonchev–Trinajstić information content (AvgIpc) is 1.56. The summed E-state index contributed by atoms with van der Waals surface area (Å²) >= 11 is 0. The van der Waals surface area contributed by atoms with Gasteiger partial charge in [-0.25, -0.2) is 9.78 Å². The molecule has 5 heterocycles. The molecule has 11 amide bonds. The van der Waals surface area contributed by atoms with Crippen molar-refractivity contribution in [3.05, 3.63) is 18.2 Å². The van der Waals surface area contributed by atoms with Gasteiger partial charge in [-0.15, -0.1) is 0 Å². The molecule has 39 nitrogen and oxygen atoms in total. The van der Waals surface area contributed by atoms with Crippen molar-refractivity contribution >= 4 is 76.8 Å². The lowest BCUT2D eigenvalue weighted by molar-refractivity contribution is -0.332. The first-order chi connectivity index (χ1) is 43.7. The van der Waals surface area contributed by atoms with Crippen molar-refractivity contribution < 1.29 is 122 Å². The number of carboxylic acid groups (broad SMARTS) is 1. The summed E-state index contributed by atoms with van der Waals surface area (Å²) in [6, 6.07) is -13.7. The number of carboxylic acids is 1. The maximum absolute atomic E-state index is 14.6. The number of aromatic amines is 1. The Kier molecular flexibility index (Phi) is 27.8. The summed E-state index contributed by atoms with van der Waals surface area (Å²) in [6.07, 6.45) is -15.6. The van der Waals surface area contributed by atoms with E-state index in [-0.39, 0.29) is 38.8 Å². The van der Waals surface area contributed by atoms with E-state index >= 15 is 0 Å². The van der Waals surface area contributed by atoms with Crippen LogP contribution in [0.1, 0.15) is 79.3 Å². The van der Waals surface area contributed by atoms with Gasteiger partial charge in [0.05, 0.1) is 50.9 Å². The van der Waals surface area contributed by atoms with E-state index < -0.39 is 231 Å². The summed E-state index contributed by atoms with van der Waals surface area (Å²) in [6.45, 7) is 2.06. The summed E-state index contributed by atoms with van der Waals surface area (Å²) in [5.74, 6) is -15.7. The predicted octanol–water partition coefficient (Wildman–Crippen LogP) is -11.7. The zero-order valence-electron chi connectivity index (χ0n) is 51.6. The zero-order chi connectivity index (χ0) is 69.3. The molecular weight excluding hydrogens is 1240 g/mol. The standard InChI is InChI=1S/C54H84N14O25/c1-22(45(81)65-29(13-28-15-56-21-59-28)46(82)58-16-36(55)76)60-48(84)31-9-7-11-67(31)51(87)32-10-8-12-68(32)50(86)23(2)61-49(85)38(66-47(83)30(18-69)64-37(77)17-57-25(4)71)24(3)91-52-40(63-27(6)73)43(80)42(79)35(92-52)20-90-54(53(88)89)14-33(74)39(62-26(5)72)44(93-54)41(78)34(75)19-70/h15,21-24,29-35,38-44,52,69-70,74-75,78-80H,7-14,16-20H2,1-6H3,(H2,55,76)(H,56,59)(H,57,71)(H,58,82)(H,60,84)(H,61,85)(H,62,72)(H,63,73)(H,64,77)(H,65,81)(H,66,83)(H,88,89)/p-1/t22-,23-,24+,29-,30-,31-,32-,33-,34+,35+,38-,39+,40+,41+,42-,43+,44+,52-,54+/m0/s1. The summed E-state index contributed by atoms with van der Waals surface area (Å²) < 4.78 is 23.3. The summed E-state index contributed by atoms with van der Waals surface area (Å²) in [7, 11) is 0. The van der Waals surface area contributed by atoms with Crippen LogP contribution in [0.2, 0.25) is 0 Å². The maximum Gasteiger partial charge on any atom is 0.364 e. The number of hydrogen-bond donors (Lipinski definition) is 18. The minimum atomic E-state index is -3.01. The minimum absolute atomic E-state index is 0.0343. The Balaban J connectivity index is 1.36. The van der Waals surface area contributed by atoms with Crippen molar-refractivity contribution in [3.63, 3.8) is 0 Å². The molecular formula is C54H83N14O25-. The molecule has 39 heteroatoms. The first-order valence-electron chi connectivity index (χ1n) is 29.6. The van der Waals surface area contributed by atoms with E-state index in [0.29, 0.717) is 12.1 Å². The highest BCUT2D eigenvalue weighted by molar-refractivity contribution is 5.98. The van der Waals surface area contributed by atoms with Gasteiger partial charge in [0, 0.05) is 51.7 Å². The summed E-state index contributed by atoms with van der Waals surface area (Å²) in [5, 5.41) is 116. The Morgan fingerprint density at radius 2 is 1.45 bits per heavy atom. The van der Waals surface area contributed by atoms with Crippen molar-refractivity contribution in [2.24, 2.45) is 10.7 Å². The number of nitrogens with zero attached hydrogens (tertiary/aromatic N) is 4. The lowest BCUT2D eigenvalue weighted by Gasteiger charge is -2.48. The minimum Gasteiger partial charge on any atom is -0.862 e. The molecule has 4 fully saturated rings. The second kappa shape index (κ2) is 34.2. The van der Waals surface area contributed by atoms with Crippen LogP contribution in [0.4, 0.5) is 0 Å². The molecule has 520 valence electrons. The molecule has 0 unspecified atom stereocenters. The summed E-state index contributed by atoms with van der Waals surface area (Å²) in [5.41, 5.74) is 5.61. The van der Waals surface area contributed by atoms with Gasteiger partial charge in [-0.2, -0.15) is 0 Å². The van der Waals surface area contributed by atoms with E-state index in [1.165, 1.54) is 31.3 Å². The van der Waals surface area contributed by atoms with Crippen LogP contribution in [0.5, 0.6) is 0 Å². The molecule has 0 spiro atoms. The predicted molar refractivity (Wildman–Crippen MR) is 307 cm³/mol. The third kappa shape index (κ3) is 20.2. The van der Waals surface area contributed by atoms with Gasteiger partial charge in [-0.1, -0.05) is 0 Å². The third-order valence-corrected chi connectivity index (χ3v) is 15.6. The number of nitrogens with two attached hydrogens (primary N) is 1. The number of rotatable bonds is 31. The molecule has 93 heavy (non-hydrogen) atoms. The molecule has 1 aromatic heterocycles. The number of likely N-dealkylation sites (tertiary alicyclic amines) is 2. The lowest BCUT2D eigenvalue weighted by Crippen LogP contribution is -2.69. The van der Waals surface area contributed by atoms with Crippen LogP contribution >= 0.6 is 0 Å². The van der Waals surface area contributed by atoms with Gasteiger partial charge in [0.25, 0.3) is 5.79 Å². The Morgan fingerprint density at radius 1 is 0.806 bits per heavy atom. The molecule has 19 N–H and O–H groups in total. The molecule has 0 bridgehead atoms. The van der Waals surface area contributed by atoms with Crippen LogP contribution in [0, 0.1) is 0 Å². The number of aliphatic hydroxyl groups is 7. The second-order valence-corrected chi connectivity index (χ2v) is 22.8. The highest BCUT2D eigenvalue weighted by atomic mass is 16.7. The molecule has 4 saturated heterocycles. The third-order valence-electron chi connectivity index (χ3n) is 15.6. The van der Waals surface area contributed by atoms with Gasteiger partial charge in [-0.3, -0.25) is 57.7 Å². The smallest absolute Gasteiger partial charge is 0.364 e. The number of nitrogens with one attached hydrogen (secondary N) is 9. The van der Waals surface area contributed by atoms with E-state index in [9.17, 15) is 103 Å². The molecule has 0 aromatic carbocycles. The number of carbonyl (C=O) groups excluding carboxylic acids is 11. The normalized spacial score (nSPS) is 27.3. The molecule has 4 aliphatic rings. The number of H-pyrrole nitrogens is 1. The molecule has 1 aromatic rings. The van der Waals surface area contributed by atoms with E-state index in [2.05, 4.69) is 57.5 Å². The number of carbonyl (C=O) groups is 12. The Morgan fingerprint density at radius 3 is 2.04 bits per heavy atom. The number of aliphatic hydroxyl groups excluding tert-OH is 7. The van der Waals surface area contributed by atoms with Crippen LogP contribution in [0.3, 0.4) is 0 Å². The molecule has 0 aliphatic carbocycles. The van der Waals surface area contributed by atoms with Gasteiger partial charge < -0.3 is 128 Å². The fourth-order valence-electron chi connectivity index (χ4n) is 10.8. The maximum atomic E-state index is 14.6. The zero-order valence-corrected chi connectivity index (χ0v) is 51.6. The largest absolute Gasteiger partial charge is 0.862 e. The number of ether oxygens (including phenoxy) is 4. The molecule has 19 atom stereocenters. The van der Waals surface area contributed by atoms with Crippen LogP contribution < -0.4 is 53.4 Å². The van der Waals surface area contributed by atoms with E-state index in [0.717, 1.165) is 32.6 Å². The van der Waals surface area contributed by atoms with Gasteiger partial charge >= 0.3 is 5.97 Å². The molecule has 4 aliphatic heterocycles. The number of aromatic nitrogens is 2. The van der Waals surface area contributed by atoms with Crippen LogP contribution in [-0.4, -0.2) is 299 Å². The quantitative estimate of drug-likeness (QED) is 0.0242. The average molecular weight is 1330 g/mol. The van der Waals surface area contributed by atoms with Crippen LogP contribution in [0.25, 0.3) is 0 Å². The van der Waals surface area contributed by atoms with Crippen molar-refractivity contribution in [1.29, 1.82) is 0 Å². The van der Waals surface area contributed by atoms with Crippen LogP contribution in [-0.2, 0) is 82.9 Å². The van der Waals surface area contributed by atoms with Gasteiger partial charge in [0.1, 0.15) is 91.5 Å². The number of imidazole rings is 1. The molecule has 0 radical (unpaired) electrons. The fourth-order valence-corrected chi connectivity index (χ4v) is 10.8. The molecule has 5 rings (SSSR count). The number of amides is 11. The van der Waals surface area contributed by atoms with Gasteiger partial charge in [-0.05, 0) is 59.3 Å². The SMILES string of the molecule is CC(=O)N[C@H]1[C@@H](O[C@H](C)[C@H](NC(=O)[C@H](CO)NC(=O)CN=C(C)[O-])C(=O)N[C@@H](C)C(=O)N2CCC[C@H]2C(=O)N2CCC[C@H]2C(=O)N[C@@H](C)C(=O)N[C@@H](Cc2cnc[nH]2)C(=O)NCC(N)=O)O[C@H](CO[C@]2(C(=O)O)C[C@H](O)[C@@H](NC(C)=O)[C@H]([C@H](O)[C@H](O)CO)O2)[C@H](O)[C@@H]1O. The number of aliphatic imine (C=N–C) groups is 1. The second-order valence-electron chi connectivity index (χ2n) is 22.8. The Hall–Kier alpha value is -8.12. The number of primary amides is 1. The van der Waals surface area contributed by atoms with Crippen LogP contribution in [0.15, 0.2) is 17.5 Å². The number of aliphatic carboxylic acids is 1. The van der Waals surface area contributed by atoms with Crippen molar-refractivity contribution in [2.75, 3.05) is 46.0 Å². The monoisotopic (exact) mass is 1330 g/mol.